The summed E-state index contributed by atoms with van der Waals surface area (Å²) >= 11 is 0. The van der Waals surface area contributed by atoms with Crippen LogP contribution in [-0.4, -0.2) is 24.6 Å². The van der Waals surface area contributed by atoms with Gasteiger partial charge < -0.3 is 9.84 Å². The molecule has 0 saturated carbocycles. The molecule has 0 radical (unpaired) electrons. The highest BCUT2D eigenvalue weighted by Gasteiger charge is 2.15. The van der Waals surface area contributed by atoms with E-state index in [0.29, 0.717) is 17.1 Å². The molecule has 6 heteroatoms. The van der Waals surface area contributed by atoms with E-state index in [2.05, 4.69) is 37.7 Å². The minimum absolute atomic E-state index is 0.180. The lowest BCUT2D eigenvalue weighted by molar-refractivity contribution is 0.459. The third-order valence-corrected chi connectivity index (χ3v) is 5.99. The molecular weight excluding hydrogens is 412 g/mol. The summed E-state index contributed by atoms with van der Waals surface area (Å²) in [6.07, 6.45) is 5.10. The molecule has 1 N–H and O–H groups in total. The lowest BCUT2D eigenvalue weighted by Crippen LogP contribution is -1.97. The summed E-state index contributed by atoms with van der Waals surface area (Å²) in [7, 11) is 0. The Morgan fingerprint density at radius 3 is 2.48 bits per heavy atom. The summed E-state index contributed by atoms with van der Waals surface area (Å²) in [6, 6.07) is 20.0. The van der Waals surface area contributed by atoms with Gasteiger partial charge in [0.05, 0.1) is 17.2 Å². The maximum absolute atomic E-state index is 10.5. The lowest BCUT2D eigenvalue weighted by Gasteiger charge is -2.11. The molecule has 0 atom stereocenters. The van der Waals surface area contributed by atoms with E-state index in [4.69, 9.17) is 4.74 Å². The smallest absolute Gasteiger partial charge is 0.220 e. The molecule has 3 aromatic carbocycles. The monoisotopic (exact) mass is 432 g/mol. The third-order valence-electron chi connectivity index (χ3n) is 5.99. The molecule has 0 saturated heterocycles. The summed E-state index contributed by atoms with van der Waals surface area (Å²) in [5.41, 5.74) is 4.32. The van der Waals surface area contributed by atoms with E-state index >= 15 is 0 Å². The summed E-state index contributed by atoms with van der Waals surface area (Å²) in [5, 5.41) is 13.7. The van der Waals surface area contributed by atoms with Gasteiger partial charge in [-0.05, 0) is 43.2 Å². The number of pyridine rings is 1. The number of nitrogens with zero attached hydrogens (tertiary/aromatic N) is 4. The van der Waals surface area contributed by atoms with Gasteiger partial charge in [-0.15, -0.1) is 0 Å². The summed E-state index contributed by atoms with van der Waals surface area (Å²) in [5.74, 6) is 2.00. The quantitative estimate of drug-likeness (QED) is 0.358. The highest BCUT2D eigenvalue weighted by molar-refractivity contribution is 6.09. The van der Waals surface area contributed by atoms with Crippen molar-refractivity contribution in [3.63, 3.8) is 0 Å². The number of ether oxygens (including phenoxy) is 1. The number of para-hydroxylation sites is 1. The Balaban J connectivity index is 1.52. The second kappa shape index (κ2) is 7.31. The molecule has 0 aliphatic heterocycles. The Hall–Kier alpha value is -4.45. The first-order valence-electron chi connectivity index (χ1n) is 10.7. The van der Waals surface area contributed by atoms with Crippen LogP contribution in [0.15, 0.2) is 79.3 Å². The van der Waals surface area contributed by atoms with Gasteiger partial charge in [-0.25, -0.2) is 9.97 Å². The zero-order valence-corrected chi connectivity index (χ0v) is 18.1. The maximum Gasteiger partial charge on any atom is 0.220 e. The maximum atomic E-state index is 10.5. The van der Waals surface area contributed by atoms with Gasteiger partial charge >= 0.3 is 0 Å². The minimum atomic E-state index is 0.180. The van der Waals surface area contributed by atoms with Crippen LogP contribution in [0.4, 0.5) is 0 Å². The average molecular weight is 432 g/mol. The van der Waals surface area contributed by atoms with Gasteiger partial charge in [-0.1, -0.05) is 30.3 Å². The van der Waals surface area contributed by atoms with E-state index in [9.17, 15) is 5.11 Å². The molecule has 0 amide bonds. The van der Waals surface area contributed by atoms with E-state index in [1.807, 2.05) is 56.3 Å². The predicted octanol–water partition coefficient (Wildman–Crippen LogP) is 6.24. The van der Waals surface area contributed by atoms with Gasteiger partial charge in [0.15, 0.2) is 5.82 Å². The van der Waals surface area contributed by atoms with Crippen molar-refractivity contribution in [2.75, 3.05) is 0 Å². The van der Waals surface area contributed by atoms with Crippen LogP contribution >= 0.6 is 0 Å². The number of phenols is 1. The number of hydrogen-bond acceptors (Lipinski definition) is 5. The highest BCUT2D eigenvalue weighted by atomic mass is 16.5. The van der Waals surface area contributed by atoms with E-state index in [1.165, 1.54) is 0 Å². The van der Waals surface area contributed by atoms with Gasteiger partial charge in [-0.3, -0.25) is 9.55 Å². The topological polar surface area (TPSA) is 73.1 Å². The average Bonchev–Trinajstić information content (AvgIpc) is 3.16. The number of hydrogen-bond donors (Lipinski definition) is 1. The number of rotatable bonds is 3. The molecule has 160 valence electrons. The van der Waals surface area contributed by atoms with Crippen molar-refractivity contribution in [2.24, 2.45) is 0 Å². The first-order valence-corrected chi connectivity index (χ1v) is 10.7. The molecule has 3 heterocycles. The first kappa shape index (κ1) is 19.3. The molecule has 0 spiro atoms. The molecule has 6 rings (SSSR count). The molecule has 3 aromatic heterocycles. The molecule has 6 nitrogen and oxygen atoms in total. The van der Waals surface area contributed by atoms with Crippen molar-refractivity contribution in [3.05, 3.63) is 90.4 Å². The van der Waals surface area contributed by atoms with Crippen LogP contribution < -0.4 is 4.74 Å². The molecule has 0 fully saturated rings. The van der Waals surface area contributed by atoms with E-state index in [1.54, 1.807) is 18.6 Å². The fraction of sp³-hybridized carbons (Fsp3) is 0.0741. The lowest BCUT2D eigenvalue weighted by atomic mass is 10.1. The molecule has 0 aliphatic rings. The van der Waals surface area contributed by atoms with Gasteiger partial charge in [-0.2, -0.15) is 0 Å². The van der Waals surface area contributed by atoms with Crippen molar-refractivity contribution in [2.45, 2.75) is 13.8 Å². The number of aromatic hydroxyl groups is 1. The fourth-order valence-corrected chi connectivity index (χ4v) is 4.36. The molecule has 0 unspecified atom stereocenters. The number of fused-ring (bicyclic) bond motifs is 4. The Kier molecular flexibility index (Phi) is 4.26. The summed E-state index contributed by atoms with van der Waals surface area (Å²) < 4.78 is 8.27. The normalized spacial score (nSPS) is 11.5. The van der Waals surface area contributed by atoms with Crippen LogP contribution in [0.5, 0.6) is 17.4 Å². The van der Waals surface area contributed by atoms with Gasteiger partial charge in [0.25, 0.3) is 0 Å². The van der Waals surface area contributed by atoms with E-state index in [0.717, 1.165) is 44.1 Å². The summed E-state index contributed by atoms with van der Waals surface area (Å²) in [4.78, 5) is 13.4. The Morgan fingerprint density at radius 2 is 1.64 bits per heavy atom. The molecule has 0 aliphatic carbocycles. The van der Waals surface area contributed by atoms with Gasteiger partial charge in [0.1, 0.15) is 17.0 Å². The van der Waals surface area contributed by atoms with Crippen molar-refractivity contribution in [1.29, 1.82) is 0 Å². The Morgan fingerprint density at radius 1 is 0.818 bits per heavy atom. The van der Waals surface area contributed by atoms with E-state index < -0.39 is 0 Å². The van der Waals surface area contributed by atoms with E-state index in [-0.39, 0.29) is 5.75 Å². The number of aromatic nitrogens is 4. The minimum Gasteiger partial charge on any atom is -0.505 e. The van der Waals surface area contributed by atoms with Crippen LogP contribution in [0.1, 0.15) is 11.1 Å². The molecular formula is C27H20N4O2. The Labute approximate surface area is 189 Å². The van der Waals surface area contributed by atoms with Crippen LogP contribution in [0.3, 0.4) is 0 Å². The molecule has 33 heavy (non-hydrogen) atoms. The SMILES string of the molecule is Cc1ccc2c(C)cc(Oc3ccc4c5ccccc5n(-c5cnccn5)c4c3)nc2c1O. The van der Waals surface area contributed by atoms with Gasteiger partial charge in [0.2, 0.25) is 5.88 Å². The van der Waals surface area contributed by atoms with Gasteiger partial charge in [0, 0.05) is 40.7 Å². The number of benzene rings is 3. The number of aryl methyl sites for hydroxylation is 2. The van der Waals surface area contributed by atoms with Crippen molar-refractivity contribution < 1.29 is 9.84 Å². The largest absolute Gasteiger partial charge is 0.505 e. The highest BCUT2D eigenvalue weighted by Crippen LogP contribution is 2.36. The summed E-state index contributed by atoms with van der Waals surface area (Å²) in [6.45, 7) is 3.85. The van der Waals surface area contributed by atoms with Crippen molar-refractivity contribution in [3.8, 4) is 23.2 Å². The number of phenolic OH excluding ortho intramolecular Hbond substituents is 1. The second-order valence-corrected chi connectivity index (χ2v) is 8.10. The molecule has 6 aromatic rings. The first-order chi connectivity index (χ1) is 16.1. The van der Waals surface area contributed by atoms with Crippen molar-refractivity contribution >= 4 is 32.7 Å². The van der Waals surface area contributed by atoms with Crippen LogP contribution in [0.25, 0.3) is 38.5 Å². The third kappa shape index (κ3) is 3.07. The fourth-order valence-electron chi connectivity index (χ4n) is 4.36. The zero-order chi connectivity index (χ0) is 22.5. The zero-order valence-electron chi connectivity index (χ0n) is 18.1. The molecule has 0 bridgehead atoms. The van der Waals surface area contributed by atoms with Crippen molar-refractivity contribution in [1.82, 2.24) is 19.5 Å². The Bertz CT molecular complexity index is 1670. The predicted molar refractivity (Wildman–Crippen MR) is 129 cm³/mol. The standard InChI is InChI=1S/C27H20N4O2/c1-16-7-9-19-17(2)13-25(30-26(19)27(16)32)33-18-8-10-21-20-5-3-4-6-22(20)31(23(21)14-18)24-15-28-11-12-29-24/h3-15,32H,1-2H3. The van der Waals surface area contributed by atoms with Crippen LogP contribution in [-0.2, 0) is 0 Å². The van der Waals surface area contributed by atoms with Crippen LogP contribution in [0.2, 0.25) is 0 Å². The van der Waals surface area contributed by atoms with Crippen LogP contribution in [0, 0.1) is 13.8 Å². The second-order valence-electron chi connectivity index (χ2n) is 8.10.